The number of carbonyl (C=O) groups is 1. The largest absolute Gasteiger partial charge is 0.304 e. The van der Waals surface area contributed by atoms with Gasteiger partial charge >= 0.3 is 0 Å². The van der Waals surface area contributed by atoms with Crippen molar-refractivity contribution in [1.29, 1.82) is 0 Å². The van der Waals surface area contributed by atoms with Crippen LogP contribution in [0.15, 0.2) is 12.3 Å². The van der Waals surface area contributed by atoms with E-state index in [9.17, 15) is 4.79 Å². The van der Waals surface area contributed by atoms with Crippen molar-refractivity contribution in [3.05, 3.63) is 12.3 Å². The molecule has 0 radical (unpaired) electrons. The quantitative estimate of drug-likeness (QED) is 0.554. The number of hydrogen-bond donors (Lipinski definition) is 0. The van der Waals surface area contributed by atoms with Crippen molar-refractivity contribution in [3.63, 3.8) is 0 Å². The first-order valence-electron chi connectivity index (χ1n) is 3.77. The van der Waals surface area contributed by atoms with Crippen LogP contribution in [0.5, 0.6) is 0 Å². The van der Waals surface area contributed by atoms with Crippen LogP contribution in [0, 0.1) is 0 Å². The first-order chi connectivity index (χ1) is 5.11. The third-order valence-corrected chi connectivity index (χ3v) is 1.89. The smallest absolute Gasteiger partial charge is 0.155 e. The fraction of sp³-hybridized carbons (Fsp3) is 0.625. The lowest BCUT2D eigenvalue weighted by Crippen LogP contribution is -2.47. The van der Waals surface area contributed by atoms with Gasteiger partial charge in [0.1, 0.15) is 0 Å². The second kappa shape index (κ2) is 3.05. The van der Waals surface area contributed by atoms with Crippen LogP contribution < -0.4 is 0 Å². The molecule has 11 heavy (non-hydrogen) atoms. The molecule has 1 aliphatic heterocycles. The van der Waals surface area contributed by atoms with Crippen molar-refractivity contribution in [2.75, 3.05) is 20.1 Å². The number of hydrazine groups is 1. The summed E-state index contributed by atoms with van der Waals surface area (Å²) >= 11 is 0. The van der Waals surface area contributed by atoms with Gasteiger partial charge in [0.15, 0.2) is 5.78 Å². The summed E-state index contributed by atoms with van der Waals surface area (Å²) in [5.41, 5.74) is 0.931. The summed E-state index contributed by atoms with van der Waals surface area (Å²) in [6.07, 6.45) is 0.667. The number of nitrogens with zero attached hydrogens (tertiary/aromatic N) is 2. The van der Waals surface area contributed by atoms with Crippen molar-refractivity contribution in [2.45, 2.75) is 13.3 Å². The normalized spacial score (nSPS) is 20.5. The Bertz CT molecular complexity index is 189. The van der Waals surface area contributed by atoms with Gasteiger partial charge in [-0.3, -0.25) is 4.79 Å². The highest BCUT2D eigenvalue weighted by molar-refractivity contribution is 5.81. The molecule has 0 aromatic rings. The maximum atomic E-state index is 11.0. The molecule has 3 heteroatoms. The summed E-state index contributed by atoms with van der Waals surface area (Å²) in [6.45, 7) is 7.01. The molecular weight excluding hydrogens is 140 g/mol. The first-order valence-corrected chi connectivity index (χ1v) is 3.77. The fourth-order valence-corrected chi connectivity index (χ4v) is 1.20. The molecule has 1 saturated heterocycles. The molecule has 62 valence electrons. The van der Waals surface area contributed by atoms with E-state index in [0.29, 0.717) is 18.7 Å². The van der Waals surface area contributed by atoms with Crippen LogP contribution in [0.1, 0.15) is 13.3 Å². The highest BCUT2D eigenvalue weighted by Crippen LogP contribution is 2.10. The van der Waals surface area contributed by atoms with Crippen molar-refractivity contribution in [2.24, 2.45) is 0 Å². The molecule has 3 nitrogen and oxygen atoms in total. The fourth-order valence-electron chi connectivity index (χ4n) is 1.20. The molecule has 0 N–H and O–H groups in total. The SMILES string of the molecule is C=C(C)N1CC(=O)CCN1C. The number of carbonyl (C=O) groups excluding carboxylic acids is 1. The summed E-state index contributed by atoms with van der Waals surface area (Å²) in [4.78, 5) is 11.0. The molecule has 1 heterocycles. The summed E-state index contributed by atoms with van der Waals surface area (Å²) in [5.74, 6) is 0.297. The Morgan fingerprint density at radius 1 is 1.64 bits per heavy atom. The molecule has 0 spiro atoms. The van der Waals surface area contributed by atoms with Crippen LogP contribution in [0.2, 0.25) is 0 Å². The van der Waals surface area contributed by atoms with E-state index in [0.717, 1.165) is 12.2 Å². The predicted octanol–water partition coefficient (Wildman–Crippen LogP) is 0.642. The van der Waals surface area contributed by atoms with Crippen molar-refractivity contribution in [3.8, 4) is 0 Å². The second-order valence-corrected chi connectivity index (χ2v) is 2.96. The Kier molecular flexibility index (Phi) is 2.29. The Hall–Kier alpha value is -0.830. The molecule has 0 aliphatic carbocycles. The van der Waals surface area contributed by atoms with Gasteiger partial charge in [0.2, 0.25) is 0 Å². The highest BCUT2D eigenvalue weighted by atomic mass is 16.1. The first kappa shape index (κ1) is 8.27. The third kappa shape index (κ3) is 1.80. The van der Waals surface area contributed by atoms with Gasteiger partial charge in [0.05, 0.1) is 6.54 Å². The van der Waals surface area contributed by atoms with E-state index in [1.165, 1.54) is 0 Å². The molecule has 1 rings (SSSR count). The van der Waals surface area contributed by atoms with E-state index in [1.54, 1.807) is 0 Å². The molecular formula is C8H14N2O. The minimum Gasteiger partial charge on any atom is -0.304 e. The Morgan fingerprint density at radius 2 is 2.27 bits per heavy atom. The minimum atomic E-state index is 0.297. The number of hydrogen-bond acceptors (Lipinski definition) is 3. The molecule has 0 aromatic carbocycles. The lowest BCUT2D eigenvalue weighted by atomic mass is 10.2. The number of ketones is 1. The van der Waals surface area contributed by atoms with E-state index >= 15 is 0 Å². The Morgan fingerprint density at radius 3 is 2.73 bits per heavy atom. The van der Waals surface area contributed by atoms with Gasteiger partial charge in [-0.25, -0.2) is 5.01 Å². The van der Waals surface area contributed by atoms with Crippen molar-refractivity contribution in [1.82, 2.24) is 10.0 Å². The zero-order valence-electron chi connectivity index (χ0n) is 7.13. The summed E-state index contributed by atoms with van der Waals surface area (Å²) in [5, 5.41) is 3.94. The van der Waals surface area contributed by atoms with Gasteiger partial charge < -0.3 is 5.01 Å². The van der Waals surface area contributed by atoms with Gasteiger partial charge in [-0.2, -0.15) is 0 Å². The standard InChI is InChI=1S/C8H14N2O/c1-7(2)10-6-8(11)4-5-9(10)3/h1,4-6H2,2-3H3. The summed E-state index contributed by atoms with van der Waals surface area (Å²) in [6, 6.07) is 0. The van der Waals surface area contributed by atoms with Gasteiger partial charge in [-0.15, -0.1) is 0 Å². The Labute approximate surface area is 67.2 Å². The van der Waals surface area contributed by atoms with Crippen molar-refractivity contribution < 1.29 is 4.79 Å². The average Bonchev–Trinajstić information content (AvgIpc) is 1.94. The van der Waals surface area contributed by atoms with Gasteiger partial charge in [0.25, 0.3) is 0 Å². The van der Waals surface area contributed by atoms with Gasteiger partial charge in [-0.05, 0) is 6.92 Å². The average molecular weight is 154 g/mol. The molecule has 0 aromatic heterocycles. The molecule has 1 aliphatic rings. The lowest BCUT2D eigenvalue weighted by molar-refractivity contribution is -0.129. The molecule has 0 atom stereocenters. The molecule has 0 unspecified atom stereocenters. The van der Waals surface area contributed by atoms with E-state index in [2.05, 4.69) is 6.58 Å². The number of rotatable bonds is 1. The predicted molar refractivity (Wildman–Crippen MR) is 43.8 cm³/mol. The number of Topliss-reactive ketones (excluding diaryl/α,β-unsaturated/α-hetero) is 1. The second-order valence-electron chi connectivity index (χ2n) is 2.96. The van der Waals surface area contributed by atoms with Gasteiger partial charge in [-0.1, -0.05) is 6.58 Å². The van der Waals surface area contributed by atoms with Crippen LogP contribution >= 0.6 is 0 Å². The monoisotopic (exact) mass is 154 g/mol. The van der Waals surface area contributed by atoms with Gasteiger partial charge in [0, 0.05) is 25.7 Å². The minimum absolute atomic E-state index is 0.297. The van der Waals surface area contributed by atoms with Crippen LogP contribution in [0.25, 0.3) is 0 Å². The third-order valence-electron chi connectivity index (χ3n) is 1.89. The van der Waals surface area contributed by atoms with E-state index < -0.39 is 0 Å². The zero-order chi connectivity index (χ0) is 8.43. The number of allylic oxidation sites excluding steroid dienone is 1. The van der Waals surface area contributed by atoms with Crippen LogP contribution in [-0.4, -0.2) is 35.9 Å². The molecule has 1 fully saturated rings. The van der Waals surface area contributed by atoms with Crippen LogP contribution in [0.4, 0.5) is 0 Å². The topological polar surface area (TPSA) is 23.6 Å². The van der Waals surface area contributed by atoms with E-state index in [-0.39, 0.29) is 0 Å². The molecule has 0 amide bonds. The van der Waals surface area contributed by atoms with Crippen molar-refractivity contribution >= 4 is 5.78 Å². The zero-order valence-corrected chi connectivity index (χ0v) is 7.13. The molecule has 0 bridgehead atoms. The van der Waals surface area contributed by atoms with E-state index in [1.807, 2.05) is 24.0 Å². The summed E-state index contributed by atoms with van der Waals surface area (Å²) < 4.78 is 0. The van der Waals surface area contributed by atoms with Crippen LogP contribution in [0.3, 0.4) is 0 Å². The van der Waals surface area contributed by atoms with E-state index in [4.69, 9.17) is 0 Å². The summed E-state index contributed by atoms with van der Waals surface area (Å²) in [7, 11) is 1.97. The maximum absolute atomic E-state index is 11.0. The lowest BCUT2D eigenvalue weighted by Gasteiger charge is -2.36. The highest BCUT2D eigenvalue weighted by Gasteiger charge is 2.20. The maximum Gasteiger partial charge on any atom is 0.155 e. The van der Waals surface area contributed by atoms with Crippen LogP contribution in [-0.2, 0) is 4.79 Å². The Balaban J connectivity index is 2.61. The molecule has 0 saturated carbocycles.